The van der Waals surface area contributed by atoms with Gasteiger partial charge in [-0.3, -0.25) is 0 Å². The van der Waals surface area contributed by atoms with Crippen molar-refractivity contribution in [1.82, 2.24) is 0 Å². The Bertz CT molecular complexity index is 779. The maximum Gasteiger partial charge on any atom is 0.331 e. The summed E-state index contributed by atoms with van der Waals surface area (Å²) < 4.78 is 11.9. The minimum absolute atomic E-state index is 0.187. The number of benzene rings is 2. The first-order valence-corrected chi connectivity index (χ1v) is 9.01. The molecule has 0 radical (unpaired) electrons. The highest BCUT2D eigenvalue weighted by Gasteiger charge is 2.35. The first-order chi connectivity index (χ1) is 12.0. The summed E-state index contributed by atoms with van der Waals surface area (Å²) in [5, 5.41) is 9.30. The van der Waals surface area contributed by atoms with E-state index in [0.717, 1.165) is 10.0 Å². The van der Waals surface area contributed by atoms with Crippen LogP contribution >= 0.6 is 15.9 Å². The molecule has 140 valence electrons. The predicted octanol–water partition coefficient (Wildman–Crippen LogP) is 4.25. The monoisotopic (exact) mass is 421 g/mol. The fraction of sp³-hybridized carbons (Fsp3) is 0.350. The minimum atomic E-state index is -1.26. The number of hydrogen-bond donors (Lipinski definition) is 2. The molecule has 1 unspecified atom stereocenters. The van der Waals surface area contributed by atoms with Crippen LogP contribution in [0.4, 0.5) is 0 Å². The molecule has 3 N–H and O–H groups in total. The molecule has 6 heteroatoms. The second kappa shape index (κ2) is 7.68. The molecular weight excluding hydrogens is 398 g/mol. The van der Waals surface area contributed by atoms with Gasteiger partial charge in [-0.15, -0.1) is 0 Å². The third-order valence-electron chi connectivity index (χ3n) is 3.71. The van der Waals surface area contributed by atoms with Crippen molar-refractivity contribution < 1.29 is 19.4 Å². The molecule has 0 aliphatic rings. The number of phenols is 1. The molecule has 0 bridgehead atoms. The second-order valence-electron chi connectivity index (χ2n) is 7.29. The molecule has 0 aliphatic carbocycles. The molecule has 0 spiro atoms. The minimum Gasteiger partial charge on any atom is -0.508 e. The second-order valence-corrected chi connectivity index (χ2v) is 8.15. The molecule has 0 amide bonds. The summed E-state index contributed by atoms with van der Waals surface area (Å²) in [6.07, 6.45) is 0. The number of rotatable bonds is 5. The standard InChI is InChI=1S/C20H24BrNO4/c1-19(2,3)26-18(24)20(4,22)14-6-5-13(17(21)11-14)12-25-16-9-7-15(23)8-10-16/h5-11,23H,12,22H2,1-4H3. The number of halogens is 1. The Hall–Kier alpha value is -2.05. The van der Waals surface area contributed by atoms with E-state index in [9.17, 15) is 9.90 Å². The largest absolute Gasteiger partial charge is 0.508 e. The van der Waals surface area contributed by atoms with Crippen molar-refractivity contribution in [3.63, 3.8) is 0 Å². The van der Waals surface area contributed by atoms with Gasteiger partial charge in [0.25, 0.3) is 0 Å². The van der Waals surface area contributed by atoms with Gasteiger partial charge in [-0.05, 0) is 63.6 Å². The molecule has 26 heavy (non-hydrogen) atoms. The summed E-state index contributed by atoms with van der Waals surface area (Å²) in [6.45, 7) is 7.39. The molecule has 0 aliphatic heterocycles. The van der Waals surface area contributed by atoms with Crippen LogP contribution in [0.25, 0.3) is 0 Å². The molecule has 5 nitrogen and oxygen atoms in total. The Morgan fingerprint density at radius 3 is 2.27 bits per heavy atom. The summed E-state index contributed by atoms with van der Waals surface area (Å²) in [5.41, 5.74) is 5.92. The maximum atomic E-state index is 12.4. The Balaban J connectivity index is 2.12. The zero-order valence-electron chi connectivity index (χ0n) is 15.4. The maximum absolute atomic E-state index is 12.4. The first kappa shape index (κ1) is 20.3. The summed E-state index contributed by atoms with van der Waals surface area (Å²) in [4.78, 5) is 12.4. The average Bonchev–Trinajstić information content (AvgIpc) is 2.53. The fourth-order valence-corrected chi connectivity index (χ4v) is 2.69. The van der Waals surface area contributed by atoms with Gasteiger partial charge in [0.05, 0.1) is 0 Å². The normalized spacial score (nSPS) is 13.8. The number of carbonyl (C=O) groups excluding carboxylic acids is 1. The highest BCUT2D eigenvalue weighted by atomic mass is 79.9. The van der Waals surface area contributed by atoms with Gasteiger partial charge in [0.2, 0.25) is 0 Å². The number of nitrogens with two attached hydrogens (primary N) is 1. The van der Waals surface area contributed by atoms with Crippen LogP contribution in [-0.4, -0.2) is 16.7 Å². The van der Waals surface area contributed by atoms with E-state index in [2.05, 4.69) is 15.9 Å². The van der Waals surface area contributed by atoms with Crippen molar-refractivity contribution in [2.45, 2.75) is 45.4 Å². The highest BCUT2D eigenvalue weighted by molar-refractivity contribution is 9.10. The molecule has 0 fully saturated rings. The van der Waals surface area contributed by atoms with Crippen LogP contribution in [-0.2, 0) is 21.7 Å². The van der Waals surface area contributed by atoms with Crippen LogP contribution < -0.4 is 10.5 Å². The Morgan fingerprint density at radius 1 is 1.12 bits per heavy atom. The van der Waals surface area contributed by atoms with Crippen LogP contribution in [0.1, 0.15) is 38.8 Å². The van der Waals surface area contributed by atoms with Crippen LogP contribution in [0.15, 0.2) is 46.9 Å². The van der Waals surface area contributed by atoms with Crippen LogP contribution in [0.2, 0.25) is 0 Å². The van der Waals surface area contributed by atoms with Gasteiger partial charge in [0, 0.05) is 10.0 Å². The van der Waals surface area contributed by atoms with Gasteiger partial charge in [-0.25, -0.2) is 4.79 Å². The fourth-order valence-electron chi connectivity index (χ4n) is 2.19. The lowest BCUT2D eigenvalue weighted by Gasteiger charge is -2.29. The molecule has 1 atom stereocenters. The van der Waals surface area contributed by atoms with Crippen molar-refractivity contribution in [3.8, 4) is 11.5 Å². The van der Waals surface area contributed by atoms with E-state index in [1.165, 1.54) is 0 Å². The van der Waals surface area contributed by atoms with E-state index in [4.69, 9.17) is 15.2 Å². The number of phenolic OH excluding ortho intramolecular Hbond substituents is 1. The molecule has 0 aromatic heterocycles. The third kappa shape index (κ3) is 5.22. The Labute approximate surface area is 162 Å². The summed E-state index contributed by atoms with van der Waals surface area (Å²) in [6, 6.07) is 12.0. The quantitative estimate of drug-likeness (QED) is 0.705. The predicted molar refractivity (Wildman–Crippen MR) is 104 cm³/mol. The average molecular weight is 422 g/mol. The van der Waals surface area contributed by atoms with Crippen LogP contribution in [0.5, 0.6) is 11.5 Å². The van der Waals surface area contributed by atoms with Crippen molar-refractivity contribution in [1.29, 1.82) is 0 Å². The van der Waals surface area contributed by atoms with E-state index in [-0.39, 0.29) is 5.75 Å². The smallest absolute Gasteiger partial charge is 0.331 e. The van der Waals surface area contributed by atoms with E-state index in [0.29, 0.717) is 17.9 Å². The lowest BCUT2D eigenvalue weighted by Crippen LogP contribution is -2.45. The van der Waals surface area contributed by atoms with E-state index < -0.39 is 17.1 Å². The SMILES string of the molecule is CC(C)(C)OC(=O)C(C)(N)c1ccc(COc2ccc(O)cc2)c(Br)c1. The topological polar surface area (TPSA) is 81.8 Å². The number of hydrogen-bond acceptors (Lipinski definition) is 5. The summed E-state index contributed by atoms with van der Waals surface area (Å²) in [5.74, 6) is 0.355. The van der Waals surface area contributed by atoms with Crippen LogP contribution in [0.3, 0.4) is 0 Å². The van der Waals surface area contributed by atoms with E-state index in [1.54, 1.807) is 64.1 Å². The van der Waals surface area contributed by atoms with Crippen molar-refractivity contribution in [3.05, 3.63) is 58.1 Å². The van der Waals surface area contributed by atoms with Gasteiger partial charge in [-0.1, -0.05) is 28.1 Å². The molecule has 0 saturated carbocycles. The molecule has 2 rings (SSSR count). The van der Waals surface area contributed by atoms with Crippen LogP contribution in [0, 0.1) is 0 Å². The molecule has 2 aromatic rings. The van der Waals surface area contributed by atoms with Gasteiger partial charge < -0.3 is 20.3 Å². The Morgan fingerprint density at radius 2 is 1.73 bits per heavy atom. The summed E-state index contributed by atoms with van der Waals surface area (Å²) >= 11 is 3.51. The van der Waals surface area contributed by atoms with E-state index in [1.807, 2.05) is 6.07 Å². The van der Waals surface area contributed by atoms with Gasteiger partial charge in [-0.2, -0.15) is 0 Å². The zero-order valence-corrected chi connectivity index (χ0v) is 17.0. The van der Waals surface area contributed by atoms with Crippen molar-refractivity contribution >= 4 is 21.9 Å². The van der Waals surface area contributed by atoms with Gasteiger partial charge in [0.1, 0.15) is 29.2 Å². The first-order valence-electron chi connectivity index (χ1n) is 8.22. The highest BCUT2D eigenvalue weighted by Crippen LogP contribution is 2.28. The van der Waals surface area contributed by atoms with Crippen molar-refractivity contribution in [2.24, 2.45) is 5.73 Å². The van der Waals surface area contributed by atoms with E-state index >= 15 is 0 Å². The third-order valence-corrected chi connectivity index (χ3v) is 4.44. The number of ether oxygens (including phenoxy) is 2. The van der Waals surface area contributed by atoms with Gasteiger partial charge in [0.15, 0.2) is 0 Å². The van der Waals surface area contributed by atoms with Gasteiger partial charge >= 0.3 is 5.97 Å². The lowest BCUT2D eigenvalue weighted by molar-refractivity contribution is -0.161. The zero-order chi connectivity index (χ0) is 19.5. The number of esters is 1. The number of carbonyl (C=O) groups is 1. The Kier molecular flexibility index (Phi) is 5.98. The number of aromatic hydroxyl groups is 1. The van der Waals surface area contributed by atoms with Crippen molar-refractivity contribution in [2.75, 3.05) is 0 Å². The molecular formula is C20H24BrNO4. The summed E-state index contributed by atoms with van der Waals surface area (Å²) in [7, 11) is 0. The molecule has 0 heterocycles. The molecule has 2 aromatic carbocycles. The molecule has 0 saturated heterocycles. The lowest BCUT2D eigenvalue weighted by atomic mass is 9.92.